The highest BCUT2D eigenvalue weighted by atomic mass is 28.3. The van der Waals surface area contributed by atoms with Gasteiger partial charge in [-0.25, -0.2) is 0 Å². The summed E-state index contributed by atoms with van der Waals surface area (Å²) in [5, 5.41) is 49.7. The molecule has 0 saturated heterocycles. The van der Waals surface area contributed by atoms with Gasteiger partial charge in [0.2, 0.25) is 0 Å². The van der Waals surface area contributed by atoms with Gasteiger partial charge in [-0.3, -0.25) is 9.59 Å². The van der Waals surface area contributed by atoms with Crippen LogP contribution in [-0.2, 0) is 9.59 Å². The topological polar surface area (TPSA) is 121 Å². The maximum Gasteiger partial charge on any atom is 0.310 e. The number of carboxylic acid groups (broad SMARTS) is 2. The number of rotatable bonds is 13. The predicted octanol–water partition coefficient (Wildman–Crippen LogP) is 6.41. The van der Waals surface area contributed by atoms with E-state index in [1.165, 1.54) is 0 Å². The van der Waals surface area contributed by atoms with Gasteiger partial charge in [-0.05, 0) is 33.1 Å². The fourth-order valence-electron chi connectivity index (χ4n) is 7.66. The van der Waals surface area contributed by atoms with Gasteiger partial charge in [-0.15, -0.1) is 0 Å². The zero-order valence-electron chi connectivity index (χ0n) is 26.3. The minimum atomic E-state index is -1.44. The van der Waals surface area contributed by atoms with Crippen molar-refractivity contribution in [3.63, 3.8) is 0 Å². The van der Waals surface area contributed by atoms with Gasteiger partial charge in [-0.1, -0.05) is 66.0 Å². The normalized spacial score (nSPS) is 33.6. The van der Waals surface area contributed by atoms with Crippen LogP contribution < -0.4 is 0 Å². The quantitative estimate of drug-likeness (QED) is 0.150. The molecule has 8 nitrogen and oxygen atoms in total. The molecular weight excluding hydrogens is 512 g/mol. The van der Waals surface area contributed by atoms with Gasteiger partial charge < -0.3 is 29.9 Å². The average Bonchev–Trinajstić information content (AvgIpc) is 3.20. The molecular formula is C30H56N2O6Si. The first kappa shape index (κ1) is 33.9. The zero-order valence-corrected chi connectivity index (χ0v) is 27.3. The molecule has 0 spiro atoms. The number of nitrogens with zero attached hydrogens (tertiary/aromatic N) is 2. The van der Waals surface area contributed by atoms with E-state index in [0.717, 1.165) is 0 Å². The van der Waals surface area contributed by atoms with Crippen LogP contribution in [0.2, 0.25) is 19.6 Å². The summed E-state index contributed by atoms with van der Waals surface area (Å²) in [6.45, 7) is 20.6. The first-order valence-electron chi connectivity index (χ1n) is 14.8. The Labute approximate surface area is 237 Å². The monoisotopic (exact) mass is 568 g/mol. The van der Waals surface area contributed by atoms with Crippen LogP contribution in [0.4, 0.5) is 0 Å². The highest BCUT2D eigenvalue weighted by molar-refractivity contribution is 6.80. The molecule has 0 aliphatic heterocycles. The van der Waals surface area contributed by atoms with E-state index in [1.807, 2.05) is 34.6 Å². The molecule has 2 aliphatic carbocycles. The number of aliphatic carboxylic acids is 2. The second-order valence-corrected chi connectivity index (χ2v) is 20.2. The summed E-state index contributed by atoms with van der Waals surface area (Å²) in [5.74, 6) is -1.75. The maximum atomic E-state index is 14.9. The van der Waals surface area contributed by atoms with E-state index in [0.29, 0.717) is 51.6 Å². The van der Waals surface area contributed by atoms with Crippen LogP contribution in [0.25, 0.3) is 0 Å². The van der Waals surface area contributed by atoms with Crippen molar-refractivity contribution in [1.82, 2.24) is 0 Å². The summed E-state index contributed by atoms with van der Waals surface area (Å²) in [7, 11) is -1.44. The van der Waals surface area contributed by atoms with Crippen LogP contribution in [0.5, 0.6) is 0 Å². The largest absolute Gasteiger partial charge is 0.632 e. The van der Waals surface area contributed by atoms with Gasteiger partial charge in [0.25, 0.3) is 0 Å². The lowest BCUT2D eigenvalue weighted by Crippen LogP contribution is -2.65. The maximum absolute atomic E-state index is 14.9. The van der Waals surface area contributed by atoms with E-state index in [1.54, 1.807) is 13.8 Å². The van der Waals surface area contributed by atoms with Crippen molar-refractivity contribution >= 4 is 20.0 Å². The van der Waals surface area contributed by atoms with E-state index in [-0.39, 0.29) is 13.1 Å². The highest BCUT2D eigenvalue weighted by Crippen LogP contribution is 2.57. The van der Waals surface area contributed by atoms with E-state index < -0.39 is 63.0 Å². The lowest BCUT2D eigenvalue weighted by Gasteiger charge is -2.58. The standard InChI is InChI=1S/C30H56N2O6Si/c1-11-18-31(37,23-14-16-29(6,25(33)34)27(23,2)3)20-21-32(38,19-12-13-22-39(8,9)10)24-15-17-30(7,26(35)36)28(24,4)5/h13,22-24H,11-12,14-21H2,1-10H3,(H,33,34)(H,35,36)/b22-13+/t23-,24-,29-,30-,31?,32?/m0/s1. The van der Waals surface area contributed by atoms with Crippen molar-refractivity contribution in [2.24, 2.45) is 21.7 Å². The zero-order chi connectivity index (χ0) is 30.3. The molecule has 2 rings (SSSR count). The molecule has 2 unspecified atom stereocenters. The minimum Gasteiger partial charge on any atom is -0.632 e. The molecule has 226 valence electrons. The molecule has 0 heterocycles. The Hall–Kier alpha value is -1.26. The van der Waals surface area contributed by atoms with Crippen molar-refractivity contribution in [2.75, 3.05) is 26.2 Å². The van der Waals surface area contributed by atoms with Gasteiger partial charge in [-0.2, -0.15) is 0 Å². The number of hydrogen-bond acceptors (Lipinski definition) is 4. The molecule has 0 radical (unpaired) electrons. The number of hydroxylamine groups is 6. The smallest absolute Gasteiger partial charge is 0.310 e. The Morgan fingerprint density at radius 2 is 1.18 bits per heavy atom. The van der Waals surface area contributed by atoms with Crippen LogP contribution >= 0.6 is 0 Å². The van der Waals surface area contributed by atoms with Crippen LogP contribution in [0.3, 0.4) is 0 Å². The van der Waals surface area contributed by atoms with Crippen LogP contribution in [0.15, 0.2) is 11.8 Å². The Kier molecular flexibility index (Phi) is 9.74. The van der Waals surface area contributed by atoms with Crippen LogP contribution in [-0.4, -0.2) is 77.8 Å². The fraction of sp³-hybridized carbons (Fsp3) is 0.867. The van der Waals surface area contributed by atoms with Crippen molar-refractivity contribution in [1.29, 1.82) is 0 Å². The van der Waals surface area contributed by atoms with Gasteiger partial charge in [0, 0.05) is 30.1 Å². The van der Waals surface area contributed by atoms with Crippen molar-refractivity contribution < 1.29 is 29.1 Å². The van der Waals surface area contributed by atoms with E-state index in [4.69, 9.17) is 0 Å². The molecule has 9 heteroatoms. The van der Waals surface area contributed by atoms with E-state index in [2.05, 4.69) is 31.4 Å². The van der Waals surface area contributed by atoms with Gasteiger partial charge in [0.15, 0.2) is 0 Å². The lowest BCUT2D eigenvalue weighted by molar-refractivity contribution is -0.965. The van der Waals surface area contributed by atoms with Crippen molar-refractivity contribution in [3.05, 3.63) is 22.2 Å². The molecule has 2 aliphatic rings. The Morgan fingerprint density at radius 3 is 1.49 bits per heavy atom. The van der Waals surface area contributed by atoms with Gasteiger partial charge >= 0.3 is 11.9 Å². The Morgan fingerprint density at radius 1 is 0.795 bits per heavy atom. The molecule has 2 saturated carbocycles. The summed E-state index contributed by atoms with van der Waals surface area (Å²) in [6.07, 6.45) is 5.23. The molecule has 39 heavy (non-hydrogen) atoms. The second-order valence-electron chi connectivity index (χ2n) is 15.2. The third-order valence-corrected chi connectivity index (χ3v) is 12.4. The van der Waals surface area contributed by atoms with Crippen LogP contribution in [0, 0.1) is 32.1 Å². The van der Waals surface area contributed by atoms with Crippen molar-refractivity contribution in [3.8, 4) is 0 Å². The summed E-state index contributed by atoms with van der Waals surface area (Å²) in [4.78, 5) is 24.6. The Bertz CT molecular complexity index is 946. The summed E-state index contributed by atoms with van der Waals surface area (Å²) in [5.41, 5.74) is -1.26. The second kappa shape index (κ2) is 11.2. The third-order valence-electron chi connectivity index (χ3n) is 11.2. The number of quaternary nitrogens is 2. The molecule has 0 aromatic rings. The van der Waals surface area contributed by atoms with E-state index in [9.17, 15) is 30.2 Å². The molecule has 6 atom stereocenters. The first-order valence-corrected chi connectivity index (χ1v) is 18.4. The fourth-order valence-corrected chi connectivity index (χ4v) is 8.53. The minimum absolute atomic E-state index is 0.102. The molecule has 0 amide bonds. The predicted molar refractivity (Wildman–Crippen MR) is 159 cm³/mol. The SMILES string of the molecule is CCC[N+]([O-])(CC[N+]([O-])(CC/C=C/[Si](C)(C)C)[C@H]1CC[C@@](C)(C(=O)O)C1(C)C)[C@H]1CC[C@@](C)(C(=O)O)C1(C)C. The Balaban J connectivity index is 2.45. The third kappa shape index (κ3) is 6.17. The molecule has 2 N–H and O–H groups in total. The summed E-state index contributed by atoms with van der Waals surface area (Å²) < 4.78 is -1.15. The summed E-state index contributed by atoms with van der Waals surface area (Å²) in [6, 6.07) is -0.852. The summed E-state index contributed by atoms with van der Waals surface area (Å²) >= 11 is 0. The van der Waals surface area contributed by atoms with Crippen LogP contribution in [0.1, 0.15) is 87.0 Å². The molecule has 0 aromatic carbocycles. The number of carboxylic acids is 2. The van der Waals surface area contributed by atoms with Gasteiger partial charge in [0.05, 0.1) is 44.1 Å². The molecule has 2 fully saturated rings. The highest BCUT2D eigenvalue weighted by Gasteiger charge is 2.63. The van der Waals surface area contributed by atoms with Crippen molar-refractivity contribution in [2.45, 2.75) is 119 Å². The number of hydrogen-bond donors (Lipinski definition) is 2. The average molecular weight is 569 g/mol. The first-order chi connectivity index (χ1) is 17.5. The molecule has 0 aromatic heterocycles. The van der Waals surface area contributed by atoms with Gasteiger partial charge in [0.1, 0.15) is 13.1 Å². The molecule has 0 bridgehead atoms. The number of carbonyl (C=O) groups is 2. The lowest BCUT2D eigenvalue weighted by atomic mass is 9.67. The van der Waals surface area contributed by atoms with E-state index >= 15 is 0 Å².